The van der Waals surface area contributed by atoms with Crippen LogP contribution in [0.2, 0.25) is 0 Å². The molecule has 0 bridgehead atoms. The molecule has 1 aromatic carbocycles. The molecule has 17 heavy (non-hydrogen) atoms. The fourth-order valence-corrected chi connectivity index (χ4v) is 2.55. The lowest BCUT2D eigenvalue weighted by Crippen LogP contribution is -2.09. The lowest BCUT2D eigenvalue weighted by atomic mass is 10.2. The van der Waals surface area contributed by atoms with Crippen molar-refractivity contribution in [1.82, 2.24) is 9.55 Å². The summed E-state index contributed by atoms with van der Waals surface area (Å²) < 4.78 is 2.15. The van der Waals surface area contributed by atoms with Crippen LogP contribution in [0.15, 0.2) is 24.3 Å². The van der Waals surface area contributed by atoms with Gasteiger partial charge in [-0.2, -0.15) is 0 Å². The molecule has 2 atom stereocenters. The van der Waals surface area contributed by atoms with Gasteiger partial charge in [0.2, 0.25) is 5.95 Å². The number of nitrogens with zero attached hydrogens (tertiary/aromatic N) is 2. The van der Waals surface area contributed by atoms with Crippen molar-refractivity contribution < 1.29 is 0 Å². The van der Waals surface area contributed by atoms with E-state index in [1.165, 1.54) is 24.8 Å². The number of benzene rings is 1. The van der Waals surface area contributed by atoms with Gasteiger partial charge in [-0.1, -0.05) is 25.5 Å². The van der Waals surface area contributed by atoms with Crippen LogP contribution in [0.25, 0.3) is 11.0 Å². The summed E-state index contributed by atoms with van der Waals surface area (Å²) in [6.07, 6.45) is 3.92. The molecule has 2 aromatic rings. The van der Waals surface area contributed by atoms with Gasteiger partial charge in [0, 0.05) is 13.1 Å². The maximum absolute atomic E-state index is 4.64. The number of aromatic nitrogens is 2. The molecular weight excluding hydrogens is 210 g/mol. The molecule has 1 N–H and O–H groups in total. The summed E-state index contributed by atoms with van der Waals surface area (Å²) in [4.78, 5) is 4.64. The third kappa shape index (κ3) is 1.90. The zero-order valence-electron chi connectivity index (χ0n) is 10.5. The number of nitrogens with one attached hydrogen (secondary N) is 1. The number of imidazole rings is 1. The third-order valence-electron chi connectivity index (χ3n) is 3.68. The number of fused-ring (bicyclic) bond motifs is 1. The first kappa shape index (κ1) is 10.6. The van der Waals surface area contributed by atoms with E-state index in [0.29, 0.717) is 6.04 Å². The van der Waals surface area contributed by atoms with Gasteiger partial charge >= 0.3 is 0 Å². The quantitative estimate of drug-likeness (QED) is 0.872. The molecule has 1 aromatic heterocycles. The van der Waals surface area contributed by atoms with Crippen LogP contribution in [0.5, 0.6) is 0 Å². The minimum Gasteiger partial charge on any atom is -0.353 e. The van der Waals surface area contributed by atoms with Gasteiger partial charge in [0.25, 0.3) is 0 Å². The van der Waals surface area contributed by atoms with Crippen molar-refractivity contribution in [3.63, 3.8) is 0 Å². The minimum absolute atomic E-state index is 0.644. The van der Waals surface area contributed by atoms with Crippen molar-refractivity contribution in [2.75, 3.05) is 5.32 Å². The zero-order valence-corrected chi connectivity index (χ0v) is 10.5. The molecule has 1 aliphatic rings. The summed E-state index contributed by atoms with van der Waals surface area (Å²) in [6.45, 7) is 2.25. The molecule has 0 aliphatic heterocycles. The Kier molecular flexibility index (Phi) is 2.54. The minimum atomic E-state index is 0.644. The van der Waals surface area contributed by atoms with Crippen LogP contribution in [0.1, 0.15) is 26.2 Å². The normalized spacial score (nSPS) is 22.9. The summed E-state index contributed by atoms with van der Waals surface area (Å²) >= 11 is 0. The van der Waals surface area contributed by atoms with Crippen LogP contribution >= 0.6 is 0 Å². The van der Waals surface area contributed by atoms with Crippen molar-refractivity contribution in [1.29, 1.82) is 0 Å². The van der Waals surface area contributed by atoms with Gasteiger partial charge < -0.3 is 9.88 Å². The lowest BCUT2D eigenvalue weighted by molar-refractivity contribution is 0.690. The highest BCUT2D eigenvalue weighted by atomic mass is 15.2. The predicted octanol–water partition coefficient (Wildman–Crippen LogP) is 3.17. The number of hydrogen-bond acceptors (Lipinski definition) is 2. The molecule has 1 aliphatic carbocycles. The molecule has 90 valence electrons. The Morgan fingerprint density at radius 3 is 3.00 bits per heavy atom. The Hall–Kier alpha value is -1.51. The summed E-state index contributed by atoms with van der Waals surface area (Å²) in [7, 11) is 2.08. The summed E-state index contributed by atoms with van der Waals surface area (Å²) in [5, 5.41) is 3.56. The van der Waals surface area contributed by atoms with E-state index >= 15 is 0 Å². The SMILES string of the molecule is CCCC1CC1Nc1nc2ccccc2n1C. The monoisotopic (exact) mass is 229 g/mol. The van der Waals surface area contributed by atoms with E-state index in [2.05, 4.69) is 47.0 Å². The van der Waals surface area contributed by atoms with E-state index in [1.807, 2.05) is 6.07 Å². The van der Waals surface area contributed by atoms with Crippen molar-refractivity contribution in [2.24, 2.45) is 13.0 Å². The van der Waals surface area contributed by atoms with Gasteiger partial charge in [0.15, 0.2) is 0 Å². The Morgan fingerprint density at radius 1 is 1.41 bits per heavy atom. The van der Waals surface area contributed by atoms with Gasteiger partial charge in [0.05, 0.1) is 11.0 Å². The maximum Gasteiger partial charge on any atom is 0.203 e. The lowest BCUT2D eigenvalue weighted by Gasteiger charge is -2.05. The number of hydrogen-bond donors (Lipinski definition) is 1. The van der Waals surface area contributed by atoms with Gasteiger partial charge in [-0.3, -0.25) is 0 Å². The second-order valence-corrected chi connectivity index (χ2v) is 5.02. The smallest absolute Gasteiger partial charge is 0.203 e. The van der Waals surface area contributed by atoms with E-state index in [-0.39, 0.29) is 0 Å². The average molecular weight is 229 g/mol. The molecule has 3 heteroatoms. The topological polar surface area (TPSA) is 29.9 Å². The standard InChI is InChI=1S/C14H19N3/c1-3-6-10-9-12(10)16-14-15-11-7-4-5-8-13(11)17(14)2/h4-5,7-8,10,12H,3,6,9H2,1-2H3,(H,15,16). The number of para-hydroxylation sites is 2. The second kappa shape index (κ2) is 4.06. The molecular formula is C14H19N3. The highest BCUT2D eigenvalue weighted by Crippen LogP contribution is 2.37. The predicted molar refractivity (Wildman–Crippen MR) is 71.1 cm³/mol. The number of rotatable bonds is 4. The van der Waals surface area contributed by atoms with Crippen LogP contribution < -0.4 is 5.32 Å². The van der Waals surface area contributed by atoms with Crippen LogP contribution in [0, 0.1) is 5.92 Å². The van der Waals surface area contributed by atoms with Crippen molar-refractivity contribution in [3.05, 3.63) is 24.3 Å². The van der Waals surface area contributed by atoms with Crippen molar-refractivity contribution >= 4 is 17.0 Å². The van der Waals surface area contributed by atoms with Gasteiger partial charge in [0.1, 0.15) is 0 Å². The van der Waals surface area contributed by atoms with E-state index in [9.17, 15) is 0 Å². The van der Waals surface area contributed by atoms with Gasteiger partial charge in [-0.05, 0) is 30.9 Å². The Labute approximate surface area is 102 Å². The van der Waals surface area contributed by atoms with E-state index < -0.39 is 0 Å². The van der Waals surface area contributed by atoms with Crippen LogP contribution in [-0.4, -0.2) is 15.6 Å². The number of aryl methyl sites for hydroxylation is 1. The Morgan fingerprint density at radius 2 is 2.24 bits per heavy atom. The van der Waals surface area contributed by atoms with Crippen LogP contribution in [0.4, 0.5) is 5.95 Å². The number of anilines is 1. The molecule has 0 saturated heterocycles. The Balaban J connectivity index is 1.80. The average Bonchev–Trinajstić information content (AvgIpc) is 2.98. The molecule has 0 spiro atoms. The summed E-state index contributed by atoms with van der Waals surface area (Å²) in [6, 6.07) is 8.92. The first-order chi connectivity index (χ1) is 8.29. The zero-order chi connectivity index (χ0) is 11.8. The summed E-state index contributed by atoms with van der Waals surface area (Å²) in [5.74, 6) is 1.87. The first-order valence-corrected chi connectivity index (χ1v) is 6.47. The molecule has 1 saturated carbocycles. The first-order valence-electron chi connectivity index (χ1n) is 6.47. The van der Waals surface area contributed by atoms with E-state index in [1.54, 1.807) is 0 Å². The van der Waals surface area contributed by atoms with Crippen molar-refractivity contribution in [3.8, 4) is 0 Å². The van der Waals surface area contributed by atoms with E-state index in [4.69, 9.17) is 0 Å². The summed E-state index contributed by atoms with van der Waals surface area (Å²) in [5.41, 5.74) is 2.27. The molecule has 2 unspecified atom stereocenters. The van der Waals surface area contributed by atoms with Gasteiger partial charge in [-0.25, -0.2) is 4.98 Å². The Bertz CT molecular complexity index is 529. The maximum atomic E-state index is 4.64. The van der Waals surface area contributed by atoms with Gasteiger partial charge in [-0.15, -0.1) is 0 Å². The molecule has 1 fully saturated rings. The molecule has 3 nitrogen and oxygen atoms in total. The highest BCUT2D eigenvalue weighted by Gasteiger charge is 2.36. The molecule has 1 heterocycles. The second-order valence-electron chi connectivity index (χ2n) is 5.02. The van der Waals surface area contributed by atoms with Crippen LogP contribution in [-0.2, 0) is 7.05 Å². The largest absolute Gasteiger partial charge is 0.353 e. The van der Waals surface area contributed by atoms with Crippen molar-refractivity contribution in [2.45, 2.75) is 32.2 Å². The third-order valence-corrected chi connectivity index (χ3v) is 3.68. The fraction of sp³-hybridized carbons (Fsp3) is 0.500. The van der Waals surface area contributed by atoms with E-state index in [0.717, 1.165) is 17.4 Å². The fourth-order valence-electron chi connectivity index (χ4n) is 2.55. The molecule has 0 amide bonds. The highest BCUT2D eigenvalue weighted by molar-refractivity contribution is 5.78. The molecule has 3 rings (SSSR count). The molecule has 0 radical (unpaired) electrons. The van der Waals surface area contributed by atoms with Crippen LogP contribution in [0.3, 0.4) is 0 Å².